The zero-order valence-electron chi connectivity index (χ0n) is 5.07. The smallest absolute Gasteiger partial charge is 0.0388 e. The van der Waals surface area contributed by atoms with Gasteiger partial charge in [0.1, 0.15) is 0 Å². The molecule has 0 aromatic rings. The van der Waals surface area contributed by atoms with Crippen LogP contribution in [0.1, 0.15) is 26.7 Å². The van der Waals surface area contributed by atoms with Crippen molar-refractivity contribution in [2.75, 3.05) is 0 Å². The molecule has 7 heavy (non-hydrogen) atoms. The van der Waals surface area contributed by atoms with E-state index < -0.39 is 0 Å². The predicted octanol–water partition coefficient (Wildman–Crippen LogP) is 2.17. The SMILES string of the molecule is CCC1CC1C.S. The number of hydrogen-bond donors (Lipinski definition) is 0. The van der Waals surface area contributed by atoms with Crippen molar-refractivity contribution in [1.29, 1.82) is 0 Å². The molecule has 1 aliphatic rings. The predicted molar refractivity (Wildman–Crippen MR) is 37.9 cm³/mol. The van der Waals surface area contributed by atoms with E-state index in [9.17, 15) is 0 Å². The average Bonchev–Trinajstić information content (AvgIpc) is 2.19. The first-order valence-corrected chi connectivity index (χ1v) is 2.84. The lowest BCUT2D eigenvalue weighted by Crippen LogP contribution is -1.68. The van der Waals surface area contributed by atoms with Crippen LogP contribution in [-0.4, -0.2) is 0 Å². The fourth-order valence-corrected chi connectivity index (χ4v) is 0.968. The Kier molecular flexibility index (Phi) is 2.74. The molecule has 0 aromatic carbocycles. The highest BCUT2D eigenvalue weighted by atomic mass is 32.1. The normalized spacial score (nSPS) is 36.9. The molecule has 2 atom stereocenters. The first-order chi connectivity index (χ1) is 2.84. The minimum absolute atomic E-state index is 0. The topological polar surface area (TPSA) is 0 Å². The van der Waals surface area contributed by atoms with Crippen molar-refractivity contribution >= 4 is 13.5 Å². The minimum atomic E-state index is 0. The Labute approximate surface area is 52.8 Å². The molecule has 1 saturated carbocycles. The highest BCUT2D eigenvalue weighted by molar-refractivity contribution is 7.59. The van der Waals surface area contributed by atoms with Crippen molar-refractivity contribution in [3.63, 3.8) is 0 Å². The molecule has 0 radical (unpaired) electrons. The molecule has 0 amide bonds. The lowest BCUT2D eigenvalue weighted by Gasteiger charge is -1.79. The van der Waals surface area contributed by atoms with Crippen LogP contribution in [0.5, 0.6) is 0 Å². The highest BCUT2D eigenvalue weighted by Crippen LogP contribution is 2.39. The van der Waals surface area contributed by atoms with Crippen LogP contribution >= 0.6 is 13.5 Å². The summed E-state index contributed by atoms with van der Waals surface area (Å²) >= 11 is 0. The van der Waals surface area contributed by atoms with Crippen LogP contribution < -0.4 is 0 Å². The van der Waals surface area contributed by atoms with Gasteiger partial charge in [0, 0.05) is 0 Å². The van der Waals surface area contributed by atoms with Gasteiger partial charge in [-0.25, -0.2) is 0 Å². The largest absolute Gasteiger partial charge is 0.197 e. The molecule has 1 aliphatic carbocycles. The molecular weight excluding hydrogens is 104 g/mol. The lowest BCUT2D eigenvalue weighted by atomic mass is 10.3. The van der Waals surface area contributed by atoms with Gasteiger partial charge in [-0.1, -0.05) is 20.3 Å². The molecular formula is C6H14S. The van der Waals surface area contributed by atoms with Crippen LogP contribution in [0.2, 0.25) is 0 Å². The quantitative estimate of drug-likeness (QED) is 0.495. The average molecular weight is 118 g/mol. The van der Waals surface area contributed by atoms with E-state index in [0.717, 1.165) is 11.8 Å². The van der Waals surface area contributed by atoms with Crippen LogP contribution in [0, 0.1) is 11.8 Å². The van der Waals surface area contributed by atoms with E-state index in [1.54, 1.807) is 0 Å². The van der Waals surface area contributed by atoms with Crippen LogP contribution in [-0.2, 0) is 0 Å². The number of rotatable bonds is 1. The third-order valence-electron chi connectivity index (χ3n) is 1.80. The first kappa shape index (κ1) is 7.35. The molecule has 0 aromatic heterocycles. The van der Waals surface area contributed by atoms with Crippen LogP contribution in [0.4, 0.5) is 0 Å². The third kappa shape index (κ3) is 1.72. The zero-order valence-corrected chi connectivity index (χ0v) is 6.07. The van der Waals surface area contributed by atoms with Gasteiger partial charge in [-0.2, -0.15) is 13.5 Å². The van der Waals surface area contributed by atoms with Gasteiger partial charge in [0.2, 0.25) is 0 Å². The monoisotopic (exact) mass is 118 g/mol. The van der Waals surface area contributed by atoms with Gasteiger partial charge in [-0.3, -0.25) is 0 Å². The molecule has 1 heteroatoms. The highest BCUT2D eigenvalue weighted by Gasteiger charge is 2.29. The summed E-state index contributed by atoms with van der Waals surface area (Å²) in [7, 11) is 0. The van der Waals surface area contributed by atoms with Gasteiger partial charge in [0.15, 0.2) is 0 Å². The van der Waals surface area contributed by atoms with Crippen molar-refractivity contribution in [2.45, 2.75) is 26.7 Å². The summed E-state index contributed by atoms with van der Waals surface area (Å²) in [5.41, 5.74) is 0. The summed E-state index contributed by atoms with van der Waals surface area (Å²) in [6.07, 6.45) is 2.90. The second kappa shape index (κ2) is 2.61. The maximum absolute atomic E-state index is 2.33. The van der Waals surface area contributed by atoms with E-state index in [4.69, 9.17) is 0 Å². The maximum Gasteiger partial charge on any atom is -0.0388 e. The van der Waals surface area contributed by atoms with E-state index in [0.29, 0.717) is 0 Å². The molecule has 0 N–H and O–H groups in total. The summed E-state index contributed by atoms with van der Waals surface area (Å²) in [6.45, 7) is 4.60. The van der Waals surface area contributed by atoms with Gasteiger partial charge in [0.05, 0.1) is 0 Å². The lowest BCUT2D eigenvalue weighted by molar-refractivity contribution is 0.724. The second-order valence-corrected chi connectivity index (χ2v) is 2.38. The van der Waals surface area contributed by atoms with E-state index >= 15 is 0 Å². The van der Waals surface area contributed by atoms with E-state index in [-0.39, 0.29) is 13.5 Å². The molecule has 44 valence electrons. The van der Waals surface area contributed by atoms with Crippen molar-refractivity contribution in [3.8, 4) is 0 Å². The molecule has 1 rings (SSSR count). The van der Waals surface area contributed by atoms with Gasteiger partial charge in [0.25, 0.3) is 0 Å². The third-order valence-corrected chi connectivity index (χ3v) is 1.80. The van der Waals surface area contributed by atoms with E-state index in [1.807, 2.05) is 0 Å². The fourth-order valence-electron chi connectivity index (χ4n) is 0.968. The molecule has 0 aliphatic heterocycles. The Morgan fingerprint density at radius 3 is 2.00 bits per heavy atom. The molecule has 0 saturated heterocycles. The van der Waals surface area contributed by atoms with Gasteiger partial charge in [-0.05, 0) is 18.3 Å². The van der Waals surface area contributed by atoms with E-state index in [1.165, 1.54) is 12.8 Å². The van der Waals surface area contributed by atoms with Crippen molar-refractivity contribution < 1.29 is 0 Å². The van der Waals surface area contributed by atoms with Gasteiger partial charge in [-0.15, -0.1) is 0 Å². The summed E-state index contributed by atoms with van der Waals surface area (Å²) in [5.74, 6) is 2.17. The maximum atomic E-state index is 2.33. The van der Waals surface area contributed by atoms with Gasteiger partial charge < -0.3 is 0 Å². The molecule has 2 unspecified atom stereocenters. The summed E-state index contributed by atoms with van der Waals surface area (Å²) in [6, 6.07) is 0. The Morgan fingerprint density at radius 1 is 1.57 bits per heavy atom. The molecule has 1 fully saturated rings. The Balaban J connectivity index is 0.000000360. The second-order valence-electron chi connectivity index (χ2n) is 2.38. The zero-order chi connectivity index (χ0) is 4.57. The summed E-state index contributed by atoms with van der Waals surface area (Å²) in [5, 5.41) is 0. The van der Waals surface area contributed by atoms with Crippen LogP contribution in [0.15, 0.2) is 0 Å². The summed E-state index contributed by atoms with van der Waals surface area (Å²) < 4.78 is 0. The van der Waals surface area contributed by atoms with E-state index in [2.05, 4.69) is 13.8 Å². The molecule has 0 heterocycles. The van der Waals surface area contributed by atoms with Crippen LogP contribution in [0.25, 0.3) is 0 Å². The Bertz CT molecular complexity index is 50.1. The molecule has 0 nitrogen and oxygen atoms in total. The van der Waals surface area contributed by atoms with Crippen molar-refractivity contribution in [3.05, 3.63) is 0 Å². The molecule has 0 bridgehead atoms. The van der Waals surface area contributed by atoms with Crippen molar-refractivity contribution in [1.82, 2.24) is 0 Å². The number of hydrogen-bond acceptors (Lipinski definition) is 0. The Hall–Kier alpha value is 0.350. The van der Waals surface area contributed by atoms with Gasteiger partial charge >= 0.3 is 0 Å². The molecule has 0 spiro atoms. The standard InChI is InChI=1S/C6H12.H2S/c1-3-6-4-5(6)2;/h5-6H,3-4H2,1-2H3;1H2. The fraction of sp³-hybridized carbons (Fsp3) is 1.00. The van der Waals surface area contributed by atoms with Crippen LogP contribution in [0.3, 0.4) is 0 Å². The first-order valence-electron chi connectivity index (χ1n) is 2.84. The summed E-state index contributed by atoms with van der Waals surface area (Å²) in [4.78, 5) is 0. The Morgan fingerprint density at radius 2 is 2.00 bits per heavy atom. The minimum Gasteiger partial charge on any atom is -0.197 e. The van der Waals surface area contributed by atoms with Crippen molar-refractivity contribution in [2.24, 2.45) is 11.8 Å².